The third-order valence-electron chi connectivity index (χ3n) is 16.3. The second kappa shape index (κ2) is 22.3. The number of thiazole rings is 1. The molecule has 11 rings (SSSR count). The maximum absolute atomic E-state index is 14.1. The van der Waals surface area contributed by atoms with Gasteiger partial charge in [-0.15, -0.1) is 0 Å². The predicted octanol–water partition coefficient (Wildman–Crippen LogP) is 11.0. The van der Waals surface area contributed by atoms with Crippen LogP contribution < -0.4 is 25.2 Å². The number of pyridine rings is 1. The van der Waals surface area contributed by atoms with Crippen LogP contribution in [0.3, 0.4) is 0 Å². The Hall–Kier alpha value is -7.17. The molecule has 0 bridgehead atoms. The number of fused-ring (bicyclic) bond motifs is 3. The van der Waals surface area contributed by atoms with Gasteiger partial charge in [0.15, 0.2) is 10.8 Å². The van der Waals surface area contributed by atoms with Gasteiger partial charge < -0.3 is 23.8 Å². The maximum Gasteiger partial charge on any atom is 0.358 e. The number of imide groups is 1. The molecule has 0 radical (unpaired) electrons. The van der Waals surface area contributed by atoms with Crippen molar-refractivity contribution in [2.45, 2.75) is 117 Å². The Kier molecular flexibility index (Phi) is 15.1. The lowest BCUT2D eigenvalue weighted by Crippen LogP contribution is -2.48. The zero-order chi connectivity index (χ0) is 54.2. The van der Waals surface area contributed by atoms with Crippen molar-refractivity contribution in [3.63, 3.8) is 0 Å². The molecule has 2 saturated heterocycles. The fraction of sp³-hybridized carbons (Fsp3) is 0.435. The zero-order valence-electron chi connectivity index (χ0n) is 45.8. The number of benzene rings is 4. The van der Waals surface area contributed by atoms with Crippen LogP contribution in [0.4, 0.5) is 16.9 Å². The molecule has 6 heterocycles. The molecule has 3 amide bonds. The van der Waals surface area contributed by atoms with Gasteiger partial charge >= 0.3 is 5.97 Å². The minimum atomic E-state index is -0.732. The Morgan fingerprint density at radius 3 is 2.40 bits per heavy atom. The highest BCUT2D eigenvalue weighted by Gasteiger charge is 2.32. The van der Waals surface area contributed by atoms with Crippen LogP contribution in [-0.2, 0) is 34.3 Å². The molecule has 1 unspecified atom stereocenters. The highest BCUT2D eigenvalue weighted by Crippen LogP contribution is 2.39. The average Bonchev–Trinajstić information content (AvgIpc) is 4.02. The van der Waals surface area contributed by atoms with Crippen LogP contribution in [0.15, 0.2) is 91.0 Å². The van der Waals surface area contributed by atoms with Crippen molar-refractivity contribution in [2.75, 3.05) is 54.4 Å². The number of ether oxygens (including phenoxy) is 2. The highest BCUT2D eigenvalue weighted by molar-refractivity contribution is 7.22. The molecule has 3 aromatic heterocycles. The van der Waals surface area contributed by atoms with E-state index >= 15 is 0 Å². The summed E-state index contributed by atoms with van der Waals surface area (Å²) >= 11 is 1.45. The van der Waals surface area contributed by atoms with E-state index in [0.717, 1.165) is 126 Å². The number of piperazine rings is 1. The number of carbonyl (C=O) groups is 4. The summed E-state index contributed by atoms with van der Waals surface area (Å²) in [5.74, 6) is 2.28. The van der Waals surface area contributed by atoms with Crippen LogP contribution in [0, 0.1) is 18.8 Å². The topological polar surface area (TPSA) is 164 Å². The third-order valence-corrected chi connectivity index (χ3v) is 17.3. The molecule has 15 nitrogen and oxygen atoms in total. The number of aryl methyl sites for hydroxylation is 1. The fourth-order valence-electron chi connectivity index (χ4n) is 12.0. The number of nitrogens with one attached hydrogen (secondary N) is 2. The number of imidazole rings is 1. The molecule has 78 heavy (non-hydrogen) atoms. The summed E-state index contributed by atoms with van der Waals surface area (Å²) in [5.41, 5.74) is 8.38. The number of aromatic nitrogens is 4. The molecular formula is C62H71N9O6S. The largest absolute Gasteiger partial charge is 0.490 e. The van der Waals surface area contributed by atoms with Gasteiger partial charge in [0, 0.05) is 70.4 Å². The Morgan fingerprint density at radius 2 is 1.62 bits per heavy atom. The first kappa shape index (κ1) is 52.9. The fourth-order valence-corrected chi connectivity index (χ4v) is 12.9. The van der Waals surface area contributed by atoms with Crippen LogP contribution in [0.25, 0.3) is 32.4 Å². The monoisotopic (exact) mass is 1070 g/mol. The quantitative estimate of drug-likeness (QED) is 0.0784. The smallest absolute Gasteiger partial charge is 0.358 e. The minimum absolute atomic E-state index is 0.119. The molecule has 3 fully saturated rings. The third kappa shape index (κ3) is 11.5. The van der Waals surface area contributed by atoms with Crippen molar-refractivity contribution >= 4 is 73.2 Å². The standard InChI is InChI=1S/C62H71N9O6S/c1-38(36-69-31-33-70(34-32-69)61-64-49-26-21-42(35-51(49)68(61)6)45-25-28-55(72)66-57(45)73)17-18-40-19-22-43(23-20-40)76-52-15-10-12-44(39(52)2)46-24-27-54(65-56(46)59(75)77-62(3,4)5)71-30-29-41-11-9-13-47(48(41)37-71)58(74)67-60-63-50-14-7-8-16-53(50)78-60/h7-16,21,24,26-27,35,38,40,43,45H,17-20,22-23,25,28-34,36-37H2,1-6H3,(H,63,67,74)(H,66,72,73)/t38-,40?,43?,45?/m1/s1. The first-order valence-corrected chi connectivity index (χ1v) is 28.7. The van der Waals surface area contributed by atoms with Crippen LogP contribution in [0.5, 0.6) is 5.75 Å². The number of esters is 1. The van der Waals surface area contributed by atoms with E-state index in [1.165, 1.54) is 24.2 Å². The minimum Gasteiger partial charge on any atom is -0.490 e. The molecule has 1 saturated carbocycles. The number of anilines is 3. The average molecular weight is 1070 g/mol. The molecule has 0 spiro atoms. The lowest BCUT2D eigenvalue weighted by atomic mass is 9.83. The molecular weight excluding hydrogens is 999 g/mol. The van der Waals surface area contributed by atoms with Gasteiger partial charge in [-0.2, -0.15) is 0 Å². The molecule has 2 atom stereocenters. The van der Waals surface area contributed by atoms with Crippen molar-refractivity contribution in [1.29, 1.82) is 0 Å². The van der Waals surface area contributed by atoms with E-state index in [9.17, 15) is 19.2 Å². The first-order valence-electron chi connectivity index (χ1n) is 27.9. The number of amides is 3. The Balaban J connectivity index is 0.685. The van der Waals surface area contributed by atoms with Crippen molar-refractivity contribution in [3.8, 4) is 16.9 Å². The van der Waals surface area contributed by atoms with E-state index < -0.39 is 11.6 Å². The van der Waals surface area contributed by atoms with E-state index in [4.69, 9.17) is 19.4 Å². The number of hydrogen-bond donors (Lipinski definition) is 2. The maximum atomic E-state index is 14.1. The Morgan fingerprint density at radius 1 is 0.821 bits per heavy atom. The Labute approximate surface area is 460 Å². The highest BCUT2D eigenvalue weighted by atomic mass is 32.1. The van der Waals surface area contributed by atoms with E-state index in [1.54, 1.807) is 0 Å². The van der Waals surface area contributed by atoms with Crippen LogP contribution in [0.1, 0.15) is 128 Å². The van der Waals surface area contributed by atoms with Crippen LogP contribution in [0.2, 0.25) is 0 Å². The number of para-hydroxylation sites is 1. The second-order valence-electron chi connectivity index (χ2n) is 23.0. The van der Waals surface area contributed by atoms with Crippen molar-refractivity contribution < 1.29 is 28.7 Å². The Bertz CT molecular complexity index is 3370. The molecule has 4 aromatic carbocycles. The van der Waals surface area contributed by atoms with E-state index in [-0.39, 0.29) is 35.4 Å². The normalized spacial score (nSPS) is 19.6. The molecule has 3 aliphatic heterocycles. The second-order valence-corrected chi connectivity index (χ2v) is 24.0. The van der Waals surface area contributed by atoms with Gasteiger partial charge in [0.1, 0.15) is 17.2 Å². The van der Waals surface area contributed by atoms with Crippen molar-refractivity contribution in [2.24, 2.45) is 18.9 Å². The molecule has 16 heteroatoms. The molecule has 7 aromatic rings. The number of carbonyl (C=O) groups excluding carboxylic acids is 4. The van der Waals surface area contributed by atoms with Gasteiger partial charge in [0.2, 0.25) is 17.8 Å². The molecule has 4 aliphatic rings. The van der Waals surface area contributed by atoms with Gasteiger partial charge in [-0.1, -0.05) is 67.1 Å². The molecule has 406 valence electrons. The van der Waals surface area contributed by atoms with Crippen LogP contribution in [-0.4, -0.2) is 99.1 Å². The lowest BCUT2D eigenvalue weighted by molar-refractivity contribution is -0.134. The molecule has 1 aliphatic carbocycles. The summed E-state index contributed by atoms with van der Waals surface area (Å²) in [5, 5.41) is 6.10. The number of nitrogens with zero attached hydrogens (tertiary/aromatic N) is 7. The van der Waals surface area contributed by atoms with Gasteiger partial charge in [-0.3, -0.25) is 29.9 Å². The zero-order valence-corrected chi connectivity index (χ0v) is 46.6. The van der Waals surface area contributed by atoms with Crippen LogP contribution >= 0.6 is 11.3 Å². The number of rotatable bonds is 14. The van der Waals surface area contributed by atoms with E-state index in [0.29, 0.717) is 59.8 Å². The summed E-state index contributed by atoms with van der Waals surface area (Å²) in [6.45, 7) is 16.1. The summed E-state index contributed by atoms with van der Waals surface area (Å²) in [4.78, 5) is 74.1. The van der Waals surface area contributed by atoms with Crippen molar-refractivity contribution in [3.05, 3.63) is 125 Å². The van der Waals surface area contributed by atoms with E-state index in [2.05, 4.69) is 67.9 Å². The summed E-state index contributed by atoms with van der Waals surface area (Å²) in [7, 11) is 2.05. The molecule has 2 N–H and O–H groups in total. The van der Waals surface area contributed by atoms with E-state index in [1.807, 2.05) is 99.6 Å². The summed E-state index contributed by atoms with van der Waals surface area (Å²) < 4.78 is 16.0. The predicted molar refractivity (Wildman–Crippen MR) is 308 cm³/mol. The lowest BCUT2D eigenvalue weighted by Gasteiger charge is -2.36. The summed E-state index contributed by atoms with van der Waals surface area (Å²) in [6.07, 6.45) is 8.47. The SMILES string of the molecule is Cc1c(OC2CCC(CC[C@@H](C)CN3CCN(c4nc5ccc(C6CCC(=O)NC6=O)cc5n4C)CC3)CC2)cccc1-c1ccc(N2CCc3cccc(C(=O)Nc4nc5ccccc5s4)c3C2)nc1C(=O)OC(C)(C)C. The van der Waals surface area contributed by atoms with Gasteiger partial charge in [0.05, 0.1) is 33.3 Å². The number of hydrogen-bond acceptors (Lipinski definition) is 13. The van der Waals surface area contributed by atoms with Gasteiger partial charge in [0.25, 0.3) is 5.91 Å². The first-order chi connectivity index (χ1) is 37.6. The summed E-state index contributed by atoms with van der Waals surface area (Å²) in [6, 6.07) is 29.8. The van der Waals surface area contributed by atoms with Gasteiger partial charge in [-0.25, -0.2) is 19.7 Å². The van der Waals surface area contributed by atoms with Crippen molar-refractivity contribution in [1.82, 2.24) is 29.7 Å². The van der Waals surface area contributed by atoms with Gasteiger partial charge in [-0.05, 0) is 161 Å². The number of piperidine rings is 1.